The molecule has 1 aromatic carbocycles. The molecule has 0 bridgehead atoms. The lowest BCUT2D eigenvalue weighted by molar-refractivity contribution is -0.201. The van der Waals surface area contributed by atoms with E-state index in [1.807, 2.05) is 12.1 Å². The van der Waals surface area contributed by atoms with Crippen LogP contribution in [-0.4, -0.2) is 63.2 Å². The molecule has 4 rings (SSSR count). The molecule has 3 fully saturated rings. The maximum atomic E-state index is 6.27. The molecule has 26 heavy (non-hydrogen) atoms. The van der Waals surface area contributed by atoms with Crippen LogP contribution in [0.1, 0.15) is 31.2 Å². The van der Waals surface area contributed by atoms with E-state index < -0.39 is 0 Å². The number of ether oxygens (including phenoxy) is 4. The quantitative estimate of drug-likeness (QED) is 0.779. The molecule has 1 aromatic rings. The van der Waals surface area contributed by atoms with Crippen LogP contribution in [0.5, 0.6) is 5.75 Å². The Morgan fingerprint density at radius 3 is 2.73 bits per heavy atom. The van der Waals surface area contributed by atoms with Crippen molar-refractivity contribution in [2.75, 3.05) is 46.6 Å². The Bertz CT molecular complexity index is 581. The number of hydrogen-bond acceptors (Lipinski definition) is 5. The normalized spacial score (nSPS) is 26.6. The van der Waals surface area contributed by atoms with Gasteiger partial charge in [-0.25, -0.2) is 0 Å². The zero-order valence-electron chi connectivity index (χ0n) is 15.8. The second-order valence-corrected chi connectivity index (χ2v) is 7.99. The van der Waals surface area contributed by atoms with E-state index in [1.54, 1.807) is 7.11 Å². The molecule has 3 heterocycles. The van der Waals surface area contributed by atoms with E-state index in [1.165, 1.54) is 5.56 Å². The van der Waals surface area contributed by atoms with Gasteiger partial charge in [-0.15, -0.1) is 0 Å². The summed E-state index contributed by atoms with van der Waals surface area (Å²) < 4.78 is 23.4. The molecule has 1 spiro atoms. The Balaban J connectivity index is 1.25. The minimum absolute atomic E-state index is 0.000603. The summed E-state index contributed by atoms with van der Waals surface area (Å²) in [6, 6.07) is 8.27. The first-order valence-corrected chi connectivity index (χ1v) is 9.94. The molecule has 5 heteroatoms. The second kappa shape index (κ2) is 8.26. The van der Waals surface area contributed by atoms with E-state index >= 15 is 0 Å². The summed E-state index contributed by atoms with van der Waals surface area (Å²) in [5.74, 6) is 1.64. The summed E-state index contributed by atoms with van der Waals surface area (Å²) in [6.45, 7) is 6.39. The SMILES string of the molecule is COc1ccccc1CN1CC2(CC(OCC3CCOCC3)CCO2)C1. The summed E-state index contributed by atoms with van der Waals surface area (Å²) in [7, 11) is 1.74. The van der Waals surface area contributed by atoms with Crippen molar-refractivity contribution in [2.24, 2.45) is 5.92 Å². The van der Waals surface area contributed by atoms with Gasteiger partial charge in [-0.1, -0.05) is 18.2 Å². The number of nitrogens with zero attached hydrogens (tertiary/aromatic N) is 1. The van der Waals surface area contributed by atoms with E-state index in [0.717, 1.165) is 77.5 Å². The maximum absolute atomic E-state index is 6.27. The third-order valence-electron chi connectivity index (χ3n) is 5.97. The number of likely N-dealkylation sites (tertiary alicyclic amines) is 1. The molecule has 3 aliphatic rings. The number of benzene rings is 1. The van der Waals surface area contributed by atoms with Gasteiger partial charge in [0.1, 0.15) is 5.75 Å². The monoisotopic (exact) mass is 361 g/mol. The fraction of sp³-hybridized carbons (Fsp3) is 0.714. The van der Waals surface area contributed by atoms with Crippen LogP contribution in [0.4, 0.5) is 0 Å². The number of para-hydroxylation sites is 1. The third kappa shape index (κ3) is 4.22. The van der Waals surface area contributed by atoms with E-state index in [4.69, 9.17) is 18.9 Å². The van der Waals surface area contributed by atoms with Crippen LogP contribution in [0.25, 0.3) is 0 Å². The summed E-state index contributed by atoms with van der Waals surface area (Å²) in [6.07, 6.45) is 4.68. The molecule has 3 saturated heterocycles. The molecule has 1 atom stereocenters. The van der Waals surface area contributed by atoms with Crippen molar-refractivity contribution in [3.8, 4) is 5.75 Å². The van der Waals surface area contributed by atoms with E-state index in [9.17, 15) is 0 Å². The Hall–Kier alpha value is -1.14. The predicted octanol–water partition coefficient (Wildman–Crippen LogP) is 2.87. The summed E-state index contributed by atoms with van der Waals surface area (Å²) in [5.41, 5.74) is 1.24. The molecule has 0 aromatic heterocycles. The summed E-state index contributed by atoms with van der Waals surface area (Å²) >= 11 is 0. The van der Waals surface area contributed by atoms with Gasteiger partial charge in [0.05, 0.1) is 18.8 Å². The van der Waals surface area contributed by atoms with Crippen LogP contribution in [0.15, 0.2) is 24.3 Å². The molecular weight excluding hydrogens is 330 g/mol. The highest BCUT2D eigenvalue weighted by molar-refractivity contribution is 5.33. The summed E-state index contributed by atoms with van der Waals surface area (Å²) in [5, 5.41) is 0. The van der Waals surface area contributed by atoms with Gasteiger partial charge in [0.15, 0.2) is 0 Å². The molecular formula is C21H31NO4. The smallest absolute Gasteiger partial charge is 0.123 e. The standard InChI is InChI=1S/C21H31NO4/c1-23-20-5-3-2-4-18(20)13-22-15-21(16-22)12-19(8-11-26-21)25-14-17-6-9-24-10-7-17/h2-5,17,19H,6-16H2,1H3. The topological polar surface area (TPSA) is 40.2 Å². The van der Waals surface area contributed by atoms with Gasteiger partial charge >= 0.3 is 0 Å². The fourth-order valence-corrected chi connectivity index (χ4v) is 4.49. The largest absolute Gasteiger partial charge is 0.496 e. The molecule has 0 amide bonds. The van der Waals surface area contributed by atoms with Crippen molar-refractivity contribution in [1.29, 1.82) is 0 Å². The van der Waals surface area contributed by atoms with Gasteiger partial charge in [0, 0.05) is 58.0 Å². The van der Waals surface area contributed by atoms with Gasteiger partial charge in [0.2, 0.25) is 0 Å². The Labute approximate surface area is 156 Å². The van der Waals surface area contributed by atoms with Gasteiger partial charge in [-0.3, -0.25) is 4.90 Å². The van der Waals surface area contributed by atoms with E-state index in [-0.39, 0.29) is 5.60 Å². The van der Waals surface area contributed by atoms with Crippen molar-refractivity contribution in [3.63, 3.8) is 0 Å². The first-order chi connectivity index (χ1) is 12.8. The first kappa shape index (κ1) is 18.2. The molecule has 1 unspecified atom stereocenters. The van der Waals surface area contributed by atoms with Crippen molar-refractivity contribution in [2.45, 2.75) is 43.9 Å². The molecule has 5 nitrogen and oxygen atoms in total. The van der Waals surface area contributed by atoms with E-state index in [0.29, 0.717) is 12.0 Å². The highest BCUT2D eigenvalue weighted by atomic mass is 16.5. The van der Waals surface area contributed by atoms with Gasteiger partial charge in [-0.2, -0.15) is 0 Å². The van der Waals surface area contributed by atoms with Crippen molar-refractivity contribution in [3.05, 3.63) is 29.8 Å². The highest BCUT2D eigenvalue weighted by Crippen LogP contribution is 2.37. The van der Waals surface area contributed by atoms with Crippen molar-refractivity contribution >= 4 is 0 Å². The lowest BCUT2D eigenvalue weighted by Gasteiger charge is -2.53. The molecule has 144 valence electrons. The molecule has 0 N–H and O–H groups in total. The average molecular weight is 361 g/mol. The van der Waals surface area contributed by atoms with Crippen molar-refractivity contribution < 1.29 is 18.9 Å². The summed E-state index contributed by atoms with van der Waals surface area (Å²) in [4.78, 5) is 2.44. The van der Waals surface area contributed by atoms with Crippen molar-refractivity contribution in [1.82, 2.24) is 4.90 Å². The molecule has 0 radical (unpaired) electrons. The number of hydrogen-bond donors (Lipinski definition) is 0. The molecule has 0 saturated carbocycles. The predicted molar refractivity (Wildman–Crippen MR) is 99.5 cm³/mol. The number of rotatable bonds is 6. The van der Waals surface area contributed by atoms with Crippen LogP contribution < -0.4 is 4.74 Å². The van der Waals surface area contributed by atoms with Gasteiger partial charge in [-0.05, 0) is 31.2 Å². The van der Waals surface area contributed by atoms with E-state index in [2.05, 4.69) is 17.0 Å². The molecule has 3 aliphatic heterocycles. The van der Waals surface area contributed by atoms with Gasteiger partial charge in [0.25, 0.3) is 0 Å². The highest BCUT2D eigenvalue weighted by Gasteiger charge is 2.47. The lowest BCUT2D eigenvalue weighted by Crippen LogP contribution is -2.65. The minimum atomic E-state index is 0.000603. The van der Waals surface area contributed by atoms with Crippen LogP contribution in [-0.2, 0) is 20.8 Å². The average Bonchev–Trinajstić information content (AvgIpc) is 2.67. The van der Waals surface area contributed by atoms with Crippen LogP contribution in [0.2, 0.25) is 0 Å². The zero-order chi connectivity index (χ0) is 17.8. The Morgan fingerprint density at radius 2 is 1.92 bits per heavy atom. The lowest BCUT2D eigenvalue weighted by atomic mass is 9.84. The van der Waals surface area contributed by atoms with Gasteiger partial charge < -0.3 is 18.9 Å². The zero-order valence-corrected chi connectivity index (χ0v) is 15.8. The maximum Gasteiger partial charge on any atom is 0.123 e. The van der Waals surface area contributed by atoms with Crippen LogP contribution in [0, 0.1) is 5.92 Å². The second-order valence-electron chi connectivity index (χ2n) is 7.99. The van der Waals surface area contributed by atoms with Crippen LogP contribution in [0.3, 0.4) is 0 Å². The fourth-order valence-electron chi connectivity index (χ4n) is 4.49. The van der Waals surface area contributed by atoms with Crippen LogP contribution >= 0.6 is 0 Å². The Morgan fingerprint density at radius 1 is 1.12 bits per heavy atom. The molecule has 0 aliphatic carbocycles. The first-order valence-electron chi connectivity index (χ1n) is 9.94. The Kier molecular flexibility index (Phi) is 5.79. The third-order valence-corrected chi connectivity index (χ3v) is 5.97. The number of methoxy groups -OCH3 is 1. The minimum Gasteiger partial charge on any atom is -0.496 e.